The molecule has 1 N–H and O–H groups in total. The molecule has 1 unspecified atom stereocenters. The summed E-state index contributed by atoms with van der Waals surface area (Å²) in [4.78, 5) is 12.1. The molecule has 2 aromatic rings. The topological polar surface area (TPSA) is 64.7 Å². The van der Waals surface area contributed by atoms with Crippen molar-refractivity contribution in [3.05, 3.63) is 29.8 Å². The third-order valence-electron chi connectivity index (χ3n) is 3.13. The number of anilines is 1. The Morgan fingerprint density at radius 2 is 2.26 bits per heavy atom. The Balaban J connectivity index is 2.15. The first-order chi connectivity index (χ1) is 9.01. The second-order valence-corrected chi connectivity index (χ2v) is 4.73. The van der Waals surface area contributed by atoms with Crippen LogP contribution in [-0.4, -0.2) is 25.5 Å². The summed E-state index contributed by atoms with van der Waals surface area (Å²) in [7, 11) is 1.80. The van der Waals surface area contributed by atoms with Crippen molar-refractivity contribution in [2.24, 2.45) is 7.05 Å². The van der Waals surface area contributed by atoms with E-state index >= 15 is 0 Å². The van der Waals surface area contributed by atoms with Crippen LogP contribution in [0, 0.1) is 6.92 Å². The van der Waals surface area contributed by atoms with Crippen molar-refractivity contribution in [3.63, 3.8) is 0 Å². The highest BCUT2D eigenvalue weighted by Crippen LogP contribution is 2.15. The molecule has 0 aliphatic heterocycles. The molecule has 0 aliphatic carbocycles. The van der Waals surface area contributed by atoms with E-state index in [1.807, 2.05) is 11.6 Å². The molecule has 19 heavy (non-hydrogen) atoms. The van der Waals surface area contributed by atoms with Gasteiger partial charge in [-0.3, -0.25) is 14.2 Å². The molecule has 2 heterocycles. The van der Waals surface area contributed by atoms with Gasteiger partial charge in [0.1, 0.15) is 0 Å². The van der Waals surface area contributed by atoms with Gasteiger partial charge < -0.3 is 5.32 Å². The minimum atomic E-state index is -0.210. The molecule has 1 amide bonds. The van der Waals surface area contributed by atoms with Crippen LogP contribution in [0.25, 0.3) is 0 Å². The Labute approximate surface area is 112 Å². The van der Waals surface area contributed by atoms with Crippen LogP contribution >= 0.6 is 0 Å². The predicted octanol–water partition coefficient (Wildman–Crippen LogP) is 2.15. The second-order valence-electron chi connectivity index (χ2n) is 4.73. The zero-order valence-corrected chi connectivity index (χ0v) is 11.7. The molecule has 0 saturated carbocycles. The number of nitrogens with one attached hydrogen (secondary N) is 1. The van der Waals surface area contributed by atoms with E-state index in [1.165, 1.54) is 0 Å². The molecule has 0 saturated heterocycles. The van der Waals surface area contributed by atoms with Gasteiger partial charge in [-0.2, -0.15) is 10.2 Å². The highest BCUT2D eigenvalue weighted by molar-refractivity contribution is 6.02. The molecule has 0 aliphatic rings. The Morgan fingerprint density at radius 1 is 1.53 bits per heavy atom. The first-order valence-electron chi connectivity index (χ1n) is 6.37. The number of carbonyl (C=O) groups is 1. The van der Waals surface area contributed by atoms with Crippen molar-refractivity contribution in [2.45, 2.75) is 33.2 Å². The first kappa shape index (κ1) is 13.3. The Kier molecular flexibility index (Phi) is 3.69. The highest BCUT2D eigenvalue weighted by Gasteiger charge is 2.15. The lowest BCUT2D eigenvalue weighted by Gasteiger charge is -2.10. The van der Waals surface area contributed by atoms with Gasteiger partial charge in [0.05, 0.1) is 11.9 Å². The molecule has 1 atom stereocenters. The SMILES string of the molecule is CCC(C)n1nc(C(=O)Nc2cnn(C)c2)cc1C. The summed E-state index contributed by atoms with van der Waals surface area (Å²) < 4.78 is 3.52. The fourth-order valence-corrected chi connectivity index (χ4v) is 1.90. The molecule has 102 valence electrons. The number of hydrogen-bond donors (Lipinski definition) is 1. The summed E-state index contributed by atoms with van der Waals surface area (Å²) in [6.07, 6.45) is 4.33. The van der Waals surface area contributed by atoms with Crippen LogP contribution in [0.4, 0.5) is 5.69 Å². The molecule has 0 radical (unpaired) electrons. The van der Waals surface area contributed by atoms with Crippen LogP contribution < -0.4 is 5.32 Å². The van der Waals surface area contributed by atoms with E-state index in [4.69, 9.17) is 0 Å². The maximum absolute atomic E-state index is 12.1. The van der Waals surface area contributed by atoms with Crippen molar-refractivity contribution in [1.29, 1.82) is 0 Å². The average Bonchev–Trinajstić information content (AvgIpc) is 2.95. The lowest BCUT2D eigenvalue weighted by molar-refractivity contribution is 0.102. The quantitative estimate of drug-likeness (QED) is 0.917. The van der Waals surface area contributed by atoms with Gasteiger partial charge in [0, 0.05) is 25.0 Å². The number of amides is 1. The average molecular weight is 261 g/mol. The number of nitrogens with zero attached hydrogens (tertiary/aromatic N) is 4. The molecule has 0 aromatic carbocycles. The summed E-state index contributed by atoms with van der Waals surface area (Å²) in [6, 6.07) is 2.10. The molecule has 6 heteroatoms. The van der Waals surface area contributed by atoms with E-state index in [2.05, 4.69) is 29.4 Å². The molecule has 0 fully saturated rings. The molecule has 6 nitrogen and oxygen atoms in total. The van der Waals surface area contributed by atoms with Crippen molar-refractivity contribution < 1.29 is 4.79 Å². The van der Waals surface area contributed by atoms with E-state index in [1.54, 1.807) is 30.2 Å². The van der Waals surface area contributed by atoms with Gasteiger partial charge in [0.2, 0.25) is 0 Å². The molecular weight excluding hydrogens is 242 g/mol. The number of aromatic nitrogens is 4. The maximum atomic E-state index is 12.1. The van der Waals surface area contributed by atoms with Crippen LogP contribution in [0.2, 0.25) is 0 Å². The smallest absolute Gasteiger partial charge is 0.276 e. The largest absolute Gasteiger partial charge is 0.318 e. The first-order valence-corrected chi connectivity index (χ1v) is 6.37. The number of carbonyl (C=O) groups excluding carboxylic acids is 1. The monoisotopic (exact) mass is 261 g/mol. The Hall–Kier alpha value is -2.11. The minimum absolute atomic E-state index is 0.210. The van der Waals surface area contributed by atoms with Crippen LogP contribution in [0.5, 0.6) is 0 Å². The van der Waals surface area contributed by atoms with Gasteiger partial charge in [-0.25, -0.2) is 0 Å². The maximum Gasteiger partial charge on any atom is 0.276 e. The number of aryl methyl sites for hydroxylation is 2. The van der Waals surface area contributed by atoms with E-state index < -0.39 is 0 Å². The molecule has 2 aromatic heterocycles. The van der Waals surface area contributed by atoms with Gasteiger partial charge in [0.15, 0.2) is 5.69 Å². The molecule has 0 bridgehead atoms. The number of hydrogen-bond acceptors (Lipinski definition) is 3. The summed E-state index contributed by atoms with van der Waals surface area (Å²) in [5, 5.41) is 11.1. The third-order valence-corrected chi connectivity index (χ3v) is 3.13. The lowest BCUT2D eigenvalue weighted by Crippen LogP contribution is -2.14. The van der Waals surface area contributed by atoms with Crippen molar-refractivity contribution in [1.82, 2.24) is 19.6 Å². The summed E-state index contributed by atoms with van der Waals surface area (Å²) in [6.45, 7) is 6.14. The van der Waals surface area contributed by atoms with Crippen molar-refractivity contribution in [3.8, 4) is 0 Å². The van der Waals surface area contributed by atoms with Crippen LogP contribution in [-0.2, 0) is 7.05 Å². The van der Waals surface area contributed by atoms with Crippen molar-refractivity contribution in [2.75, 3.05) is 5.32 Å². The summed E-state index contributed by atoms with van der Waals surface area (Å²) >= 11 is 0. The van der Waals surface area contributed by atoms with Gasteiger partial charge in [-0.1, -0.05) is 6.92 Å². The Bertz CT molecular complexity index is 584. The van der Waals surface area contributed by atoms with Gasteiger partial charge in [-0.15, -0.1) is 0 Å². The third kappa shape index (κ3) is 2.83. The normalized spacial score (nSPS) is 12.4. The zero-order chi connectivity index (χ0) is 14.0. The second kappa shape index (κ2) is 5.26. The van der Waals surface area contributed by atoms with E-state index in [0.29, 0.717) is 17.4 Å². The highest BCUT2D eigenvalue weighted by atomic mass is 16.2. The molecule has 2 rings (SSSR count). The van der Waals surface area contributed by atoms with Crippen LogP contribution in [0.3, 0.4) is 0 Å². The predicted molar refractivity (Wildman–Crippen MR) is 73.1 cm³/mol. The summed E-state index contributed by atoms with van der Waals surface area (Å²) in [5.74, 6) is -0.210. The van der Waals surface area contributed by atoms with Crippen LogP contribution in [0.15, 0.2) is 18.5 Å². The minimum Gasteiger partial charge on any atom is -0.318 e. The van der Waals surface area contributed by atoms with Gasteiger partial charge >= 0.3 is 0 Å². The van der Waals surface area contributed by atoms with E-state index in [-0.39, 0.29) is 5.91 Å². The van der Waals surface area contributed by atoms with E-state index in [9.17, 15) is 4.79 Å². The van der Waals surface area contributed by atoms with Gasteiger partial charge in [-0.05, 0) is 26.3 Å². The molecular formula is C13H19N5O. The van der Waals surface area contributed by atoms with Crippen LogP contribution in [0.1, 0.15) is 42.5 Å². The fourth-order valence-electron chi connectivity index (χ4n) is 1.90. The lowest BCUT2D eigenvalue weighted by atomic mass is 10.2. The fraction of sp³-hybridized carbons (Fsp3) is 0.462. The summed E-state index contributed by atoms with van der Waals surface area (Å²) in [5.41, 5.74) is 2.09. The molecule has 0 spiro atoms. The standard InChI is InChI=1S/C13H19N5O/c1-5-9(2)18-10(3)6-12(16-18)13(19)15-11-7-14-17(4)8-11/h6-9H,5H2,1-4H3,(H,15,19). The Morgan fingerprint density at radius 3 is 2.84 bits per heavy atom. The van der Waals surface area contributed by atoms with E-state index in [0.717, 1.165) is 12.1 Å². The van der Waals surface area contributed by atoms with Gasteiger partial charge in [0.25, 0.3) is 5.91 Å². The number of rotatable bonds is 4. The van der Waals surface area contributed by atoms with Crippen molar-refractivity contribution >= 4 is 11.6 Å². The zero-order valence-electron chi connectivity index (χ0n) is 11.7.